The topological polar surface area (TPSA) is 41.6 Å². The van der Waals surface area contributed by atoms with Crippen molar-refractivity contribution in [3.63, 3.8) is 0 Å². The van der Waals surface area contributed by atoms with Gasteiger partial charge in [-0.3, -0.25) is 0 Å². The van der Waals surface area contributed by atoms with Gasteiger partial charge in [0.1, 0.15) is 6.10 Å². The van der Waals surface area contributed by atoms with Crippen LogP contribution < -0.4 is 5.32 Å². The maximum Gasteiger partial charge on any atom is 0.318 e. The van der Waals surface area contributed by atoms with Crippen LogP contribution in [-0.2, 0) is 4.74 Å². The molecule has 3 aromatic rings. The molecule has 1 aliphatic heterocycles. The Morgan fingerprint density at radius 3 is 1.90 bits per heavy atom. The lowest BCUT2D eigenvalue weighted by atomic mass is 10.0. The van der Waals surface area contributed by atoms with E-state index in [0.29, 0.717) is 23.1 Å². The summed E-state index contributed by atoms with van der Waals surface area (Å²) in [6.45, 7) is 3.08. The molecule has 0 radical (unpaired) electrons. The molecule has 0 bridgehead atoms. The van der Waals surface area contributed by atoms with Gasteiger partial charge in [-0.1, -0.05) is 77.8 Å². The van der Waals surface area contributed by atoms with E-state index in [-0.39, 0.29) is 24.3 Å². The highest BCUT2D eigenvalue weighted by Crippen LogP contribution is 2.31. The highest BCUT2D eigenvalue weighted by molar-refractivity contribution is 6.30. The Balaban J connectivity index is 1.38. The second-order valence-electron chi connectivity index (χ2n) is 7.73. The fourth-order valence-electron chi connectivity index (χ4n) is 3.61. The number of nitrogens with one attached hydrogen (secondary N) is 1. The first-order valence-electron chi connectivity index (χ1n) is 10.3. The Hall–Kier alpha value is -2.53. The van der Waals surface area contributed by atoms with Crippen LogP contribution >= 0.6 is 23.2 Å². The smallest absolute Gasteiger partial charge is 0.318 e. The SMILES string of the molecule is C[C@@H](NC(=O)N1CC(OC(c2ccc(Cl)cc2)c2ccc(Cl)cc2)C1)c1ccccc1. The molecule has 0 aliphatic carbocycles. The molecule has 2 amide bonds. The van der Waals surface area contributed by atoms with Gasteiger partial charge < -0.3 is 15.0 Å². The van der Waals surface area contributed by atoms with E-state index < -0.39 is 0 Å². The van der Waals surface area contributed by atoms with Crippen molar-refractivity contribution >= 4 is 29.2 Å². The van der Waals surface area contributed by atoms with Gasteiger partial charge in [0.15, 0.2) is 0 Å². The molecule has 31 heavy (non-hydrogen) atoms. The predicted molar refractivity (Wildman–Crippen MR) is 125 cm³/mol. The average molecular weight is 455 g/mol. The Bertz CT molecular complexity index is 958. The van der Waals surface area contributed by atoms with Crippen molar-refractivity contribution in [1.82, 2.24) is 10.2 Å². The molecule has 0 saturated carbocycles. The number of rotatable bonds is 6. The molecule has 1 N–H and O–H groups in total. The van der Waals surface area contributed by atoms with Gasteiger partial charge in [-0.2, -0.15) is 0 Å². The standard InChI is InChI=1S/C25H24Cl2N2O2/c1-17(18-5-3-2-4-6-18)28-25(30)29-15-23(16-29)31-24(19-7-11-21(26)12-8-19)20-9-13-22(27)14-10-20/h2-14,17,23-24H,15-16H2,1H3,(H,28,30)/t17-/m1/s1. The number of nitrogens with zero attached hydrogens (tertiary/aromatic N) is 1. The molecule has 1 saturated heterocycles. The summed E-state index contributed by atoms with van der Waals surface area (Å²) < 4.78 is 6.40. The number of hydrogen-bond donors (Lipinski definition) is 1. The second kappa shape index (κ2) is 9.73. The Kier molecular flexibility index (Phi) is 6.81. The molecule has 3 aromatic carbocycles. The van der Waals surface area contributed by atoms with Gasteiger partial charge in [0.25, 0.3) is 0 Å². The van der Waals surface area contributed by atoms with Gasteiger partial charge in [0, 0.05) is 10.0 Å². The number of carbonyl (C=O) groups excluding carboxylic acids is 1. The van der Waals surface area contributed by atoms with Gasteiger partial charge in [-0.05, 0) is 47.9 Å². The molecule has 0 unspecified atom stereocenters. The molecule has 4 rings (SSSR count). The maximum absolute atomic E-state index is 12.6. The highest BCUT2D eigenvalue weighted by Gasteiger charge is 2.34. The normalized spacial score (nSPS) is 14.9. The van der Waals surface area contributed by atoms with Crippen LogP contribution in [0.1, 0.15) is 35.8 Å². The van der Waals surface area contributed by atoms with Crippen molar-refractivity contribution in [3.05, 3.63) is 106 Å². The summed E-state index contributed by atoms with van der Waals surface area (Å²) in [5.74, 6) is 0. The molecular weight excluding hydrogens is 431 g/mol. The van der Waals surface area contributed by atoms with Crippen molar-refractivity contribution in [1.29, 1.82) is 0 Å². The van der Waals surface area contributed by atoms with Crippen LogP contribution in [0.4, 0.5) is 4.79 Å². The van der Waals surface area contributed by atoms with Crippen LogP contribution in [0.3, 0.4) is 0 Å². The number of carbonyl (C=O) groups is 1. The quantitative estimate of drug-likeness (QED) is 0.477. The van der Waals surface area contributed by atoms with E-state index in [2.05, 4.69) is 5.32 Å². The molecule has 1 heterocycles. The Morgan fingerprint density at radius 1 is 0.871 bits per heavy atom. The lowest BCUT2D eigenvalue weighted by Gasteiger charge is -2.41. The number of amides is 2. The van der Waals surface area contributed by atoms with Gasteiger partial charge in [-0.25, -0.2) is 4.79 Å². The van der Waals surface area contributed by atoms with Gasteiger partial charge in [0.2, 0.25) is 0 Å². The lowest BCUT2D eigenvalue weighted by molar-refractivity contribution is -0.0648. The minimum absolute atomic E-state index is 0.0471. The minimum Gasteiger partial charge on any atom is -0.362 e. The largest absolute Gasteiger partial charge is 0.362 e. The third-order valence-corrected chi connectivity index (χ3v) is 5.95. The van der Waals surface area contributed by atoms with Crippen LogP contribution in [0, 0.1) is 0 Å². The fraction of sp³-hybridized carbons (Fsp3) is 0.240. The molecule has 0 aromatic heterocycles. The monoisotopic (exact) mass is 454 g/mol. The fourth-order valence-corrected chi connectivity index (χ4v) is 3.86. The highest BCUT2D eigenvalue weighted by atomic mass is 35.5. The zero-order valence-corrected chi connectivity index (χ0v) is 18.7. The number of likely N-dealkylation sites (tertiary alicyclic amines) is 1. The first-order chi connectivity index (χ1) is 15.0. The van der Waals surface area contributed by atoms with E-state index in [0.717, 1.165) is 16.7 Å². The molecule has 4 nitrogen and oxygen atoms in total. The van der Waals surface area contributed by atoms with Gasteiger partial charge >= 0.3 is 6.03 Å². The van der Waals surface area contributed by atoms with Crippen LogP contribution in [0.15, 0.2) is 78.9 Å². The van der Waals surface area contributed by atoms with Crippen LogP contribution in [0.25, 0.3) is 0 Å². The average Bonchev–Trinajstić information content (AvgIpc) is 2.75. The summed E-state index contributed by atoms with van der Waals surface area (Å²) in [6, 6.07) is 25.1. The first kappa shape index (κ1) is 21.7. The van der Waals surface area contributed by atoms with E-state index in [1.54, 1.807) is 4.90 Å². The van der Waals surface area contributed by atoms with E-state index >= 15 is 0 Å². The first-order valence-corrected chi connectivity index (χ1v) is 11.0. The van der Waals surface area contributed by atoms with Crippen molar-refractivity contribution in [2.75, 3.05) is 13.1 Å². The zero-order chi connectivity index (χ0) is 21.8. The minimum atomic E-state index is -0.256. The molecule has 6 heteroatoms. The Morgan fingerprint density at radius 2 is 1.39 bits per heavy atom. The maximum atomic E-state index is 12.6. The predicted octanol–water partition coefficient (Wildman–Crippen LogP) is 6.25. The summed E-state index contributed by atoms with van der Waals surface area (Å²) in [7, 11) is 0. The summed E-state index contributed by atoms with van der Waals surface area (Å²) >= 11 is 12.1. The number of urea groups is 1. The lowest BCUT2D eigenvalue weighted by Crippen LogP contribution is -2.58. The van der Waals surface area contributed by atoms with Crippen LogP contribution in [0.2, 0.25) is 10.0 Å². The van der Waals surface area contributed by atoms with Gasteiger partial charge in [0.05, 0.1) is 25.2 Å². The van der Waals surface area contributed by atoms with Crippen LogP contribution in [-0.4, -0.2) is 30.1 Å². The Labute approximate surface area is 192 Å². The summed E-state index contributed by atoms with van der Waals surface area (Å²) in [5.41, 5.74) is 3.09. The summed E-state index contributed by atoms with van der Waals surface area (Å²) in [6.07, 6.45) is -0.304. The van der Waals surface area contributed by atoms with Crippen molar-refractivity contribution in [2.24, 2.45) is 0 Å². The molecule has 1 atom stereocenters. The van der Waals surface area contributed by atoms with Crippen molar-refractivity contribution in [3.8, 4) is 0 Å². The number of ether oxygens (including phenoxy) is 1. The third-order valence-electron chi connectivity index (χ3n) is 5.45. The number of benzene rings is 3. The van der Waals surface area contributed by atoms with Crippen molar-refractivity contribution < 1.29 is 9.53 Å². The van der Waals surface area contributed by atoms with E-state index in [1.165, 1.54) is 0 Å². The summed E-state index contributed by atoms with van der Waals surface area (Å²) in [5, 5.41) is 4.41. The van der Waals surface area contributed by atoms with E-state index in [4.69, 9.17) is 27.9 Å². The van der Waals surface area contributed by atoms with Crippen LogP contribution in [0.5, 0.6) is 0 Å². The molecule has 1 fully saturated rings. The number of halogens is 2. The molecule has 0 spiro atoms. The molecular formula is C25H24Cl2N2O2. The number of hydrogen-bond acceptors (Lipinski definition) is 2. The summed E-state index contributed by atoms with van der Waals surface area (Å²) in [4.78, 5) is 14.4. The molecule has 160 valence electrons. The van der Waals surface area contributed by atoms with Gasteiger partial charge in [-0.15, -0.1) is 0 Å². The zero-order valence-electron chi connectivity index (χ0n) is 17.2. The van der Waals surface area contributed by atoms with E-state index in [1.807, 2.05) is 85.8 Å². The molecule has 1 aliphatic rings. The third kappa shape index (κ3) is 5.40. The van der Waals surface area contributed by atoms with E-state index in [9.17, 15) is 4.79 Å². The second-order valence-corrected chi connectivity index (χ2v) is 8.60. The van der Waals surface area contributed by atoms with Crippen molar-refractivity contribution in [2.45, 2.75) is 25.2 Å².